The summed E-state index contributed by atoms with van der Waals surface area (Å²) in [5.74, 6) is 0.958. The van der Waals surface area contributed by atoms with Gasteiger partial charge in [-0.15, -0.1) is 0 Å². The molecule has 2 unspecified atom stereocenters. The lowest BCUT2D eigenvalue weighted by molar-refractivity contribution is 0.177. The fourth-order valence-corrected chi connectivity index (χ4v) is 2.66. The van der Waals surface area contributed by atoms with Crippen LogP contribution in [-0.2, 0) is 9.84 Å². The highest BCUT2D eigenvalue weighted by Crippen LogP contribution is 2.24. The molecule has 0 spiro atoms. The van der Waals surface area contributed by atoms with E-state index in [4.69, 9.17) is 0 Å². The van der Waals surface area contributed by atoms with Gasteiger partial charge in [0, 0.05) is 12.3 Å². The van der Waals surface area contributed by atoms with Gasteiger partial charge in [0.1, 0.15) is 0 Å². The molecule has 0 radical (unpaired) electrons. The fourth-order valence-electron chi connectivity index (χ4n) is 1.91. The largest absolute Gasteiger partial charge is 0.393 e. The quantitative estimate of drug-likeness (QED) is 0.644. The first kappa shape index (κ1) is 12.9. The SMILES string of the molecule is CCS(=O)(=O)CCNCC1CCC(O)C1. The van der Waals surface area contributed by atoms with Crippen molar-refractivity contribution in [3.63, 3.8) is 0 Å². The summed E-state index contributed by atoms with van der Waals surface area (Å²) in [5, 5.41) is 12.4. The van der Waals surface area contributed by atoms with Crippen molar-refractivity contribution in [1.82, 2.24) is 5.32 Å². The summed E-state index contributed by atoms with van der Waals surface area (Å²) in [4.78, 5) is 0. The zero-order valence-electron chi connectivity index (χ0n) is 9.28. The van der Waals surface area contributed by atoms with Crippen LogP contribution in [0.5, 0.6) is 0 Å². The van der Waals surface area contributed by atoms with E-state index in [2.05, 4.69) is 5.32 Å². The summed E-state index contributed by atoms with van der Waals surface area (Å²) in [6.07, 6.45) is 2.65. The Bertz CT molecular complexity index is 276. The van der Waals surface area contributed by atoms with E-state index >= 15 is 0 Å². The molecule has 1 rings (SSSR count). The third-order valence-electron chi connectivity index (χ3n) is 2.98. The van der Waals surface area contributed by atoms with Crippen LogP contribution in [0.3, 0.4) is 0 Å². The van der Waals surface area contributed by atoms with Crippen molar-refractivity contribution in [2.75, 3.05) is 24.6 Å². The number of hydrogen-bond acceptors (Lipinski definition) is 4. The third kappa shape index (κ3) is 4.95. The normalized spacial score (nSPS) is 27.1. The lowest BCUT2D eigenvalue weighted by atomic mass is 10.1. The smallest absolute Gasteiger partial charge is 0.151 e. The molecule has 0 aromatic heterocycles. The molecule has 1 aliphatic rings. The van der Waals surface area contributed by atoms with Gasteiger partial charge >= 0.3 is 0 Å². The second-order valence-corrected chi connectivity index (χ2v) is 6.75. The monoisotopic (exact) mass is 235 g/mol. The Morgan fingerprint density at radius 1 is 1.40 bits per heavy atom. The number of rotatable bonds is 6. The second kappa shape index (κ2) is 5.82. The van der Waals surface area contributed by atoms with Gasteiger partial charge in [-0.05, 0) is 31.7 Å². The Morgan fingerprint density at radius 2 is 2.13 bits per heavy atom. The maximum atomic E-state index is 11.2. The molecular weight excluding hydrogens is 214 g/mol. The highest BCUT2D eigenvalue weighted by molar-refractivity contribution is 7.91. The predicted molar refractivity (Wildman–Crippen MR) is 60.5 cm³/mol. The van der Waals surface area contributed by atoms with Crippen LogP contribution >= 0.6 is 0 Å². The standard InChI is InChI=1S/C10H21NO3S/c1-2-15(13,14)6-5-11-8-9-3-4-10(12)7-9/h9-12H,2-8H2,1H3. The maximum Gasteiger partial charge on any atom is 0.151 e. The summed E-state index contributed by atoms with van der Waals surface area (Å²) in [6, 6.07) is 0. The first-order chi connectivity index (χ1) is 7.03. The van der Waals surface area contributed by atoms with E-state index in [0.29, 0.717) is 12.5 Å². The molecule has 2 atom stereocenters. The van der Waals surface area contributed by atoms with Crippen LogP contribution in [0.15, 0.2) is 0 Å². The molecule has 1 aliphatic carbocycles. The maximum absolute atomic E-state index is 11.2. The molecule has 0 amide bonds. The van der Waals surface area contributed by atoms with Gasteiger partial charge in [-0.25, -0.2) is 8.42 Å². The molecule has 5 heteroatoms. The highest BCUT2D eigenvalue weighted by Gasteiger charge is 2.22. The molecule has 2 N–H and O–H groups in total. The van der Waals surface area contributed by atoms with Crippen LogP contribution in [0.1, 0.15) is 26.2 Å². The van der Waals surface area contributed by atoms with Crippen molar-refractivity contribution in [3.05, 3.63) is 0 Å². The van der Waals surface area contributed by atoms with E-state index in [0.717, 1.165) is 25.8 Å². The van der Waals surface area contributed by atoms with E-state index in [9.17, 15) is 13.5 Å². The van der Waals surface area contributed by atoms with Gasteiger partial charge in [-0.1, -0.05) is 6.92 Å². The molecule has 15 heavy (non-hydrogen) atoms. The zero-order chi connectivity index (χ0) is 11.3. The molecule has 0 aliphatic heterocycles. The van der Waals surface area contributed by atoms with Crippen molar-refractivity contribution in [1.29, 1.82) is 0 Å². The molecule has 0 aromatic rings. The van der Waals surface area contributed by atoms with E-state index in [1.807, 2.05) is 0 Å². The van der Waals surface area contributed by atoms with Crippen LogP contribution < -0.4 is 5.32 Å². The molecule has 4 nitrogen and oxygen atoms in total. The summed E-state index contributed by atoms with van der Waals surface area (Å²) < 4.78 is 22.3. The molecule has 0 heterocycles. The Hall–Kier alpha value is -0.130. The zero-order valence-corrected chi connectivity index (χ0v) is 10.1. The highest BCUT2D eigenvalue weighted by atomic mass is 32.2. The van der Waals surface area contributed by atoms with E-state index in [-0.39, 0.29) is 17.6 Å². The summed E-state index contributed by atoms with van der Waals surface area (Å²) in [5.41, 5.74) is 0. The fraction of sp³-hybridized carbons (Fsp3) is 1.00. The van der Waals surface area contributed by atoms with Crippen LogP contribution in [-0.4, -0.2) is 44.2 Å². The Balaban J connectivity index is 2.07. The average Bonchev–Trinajstić information content (AvgIpc) is 2.59. The van der Waals surface area contributed by atoms with Crippen molar-refractivity contribution in [2.24, 2.45) is 5.92 Å². The van der Waals surface area contributed by atoms with Crippen LogP contribution in [0.2, 0.25) is 0 Å². The van der Waals surface area contributed by atoms with Gasteiger partial charge in [-0.2, -0.15) is 0 Å². The summed E-state index contributed by atoms with van der Waals surface area (Å²) in [6.45, 7) is 3.03. The molecule has 90 valence electrons. The van der Waals surface area contributed by atoms with Gasteiger partial charge in [0.2, 0.25) is 0 Å². The number of sulfone groups is 1. The summed E-state index contributed by atoms with van der Waals surface area (Å²) >= 11 is 0. The van der Waals surface area contributed by atoms with Crippen LogP contribution in [0.25, 0.3) is 0 Å². The lowest BCUT2D eigenvalue weighted by Crippen LogP contribution is -2.28. The van der Waals surface area contributed by atoms with Gasteiger partial charge in [0.05, 0.1) is 11.9 Å². The number of nitrogens with one attached hydrogen (secondary N) is 1. The van der Waals surface area contributed by atoms with Crippen molar-refractivity contribution < 1.29 is 13.5 Å². The topological polar surface area (TPSA) is 66.4 Å². The number of aliphatic hydroxyl groups excluding tert-OH is 1. The Morgan fingerprint density at radius 3 is 2.67 bits per heavy atom. The average molecular weight is 235 g/mol. The molecule has 1 fully saturated rings. The van der Waals surface area contributed by atoms with E-state index in [1.165, 1.54) is 0 Å². The number of aliphatic hydroxyl groups is 1. The van der Waals surface area contributed by atoms with Gasteiger partial charge in [0.15, 0.2) is 9.84 Å². The van der Waals surface area contributed by atoms with Gasteiger partial charge in [-0.3, -0.25) is 0 Å². The predicted octanol–water partition coefficient (Wildman–Crippen LogP) is 0.172. The van der Waals surface area contributed by atoms with Crippen LogP contribution in [0, 0.1) is 5.92 Å². The van der Waals surface area contributed by atoms with Crippen LogP contribution in [0.4, 0.5) is 0 Å². The molecule has 1 saturated carbocycles. The third-order valence-corrected chi connectivity index (χ3v) is 4.68. The van der Waals surface area contributed by atoms with Crippen molar-refractivity contribution in [2.45, 2.75) is 32.3 Å². The van der Waals surface area contributed by atoms with E-state index < -0.39 is 9.84 Å². The Labute approximate surface area is 92.0 Å². The minimum Gasteiger partial charge on any atom is -0.393 e. The minimum atomic E-state index is -2.84. The van der Waals surface area contributed by atoms with Gasteiger partial charge in [0.25, 0.3) is 0 Å². The Kier molecular flexibility index (Phi) is 5.02. The first-order valence-corrected chi connectivity index (χ1v) is 7.45. The lowest BCUT2D eigenvalue weighted by Gasteiger charge is -2.10. The molecule has 0 saturated heterocycles. The molecular formula is C10H21NO3S. The van der Waals surface area contributed by atoms with Crippen molar-refractivity contribution >= 4 is 9.84 Å². The minimum absolute atomic E-state index is 0.142. The first-order valence-electron chi connectivity index (χ1n) is 5.62. The van der Waals surface area contributed by atoms with Gasteiger partial charge < -0.3 is 10.4 Å². The summed E-state index contributed by atoms with van der Waals surface area (Å²) in [7, 11) is -2.84. The molecule has 0 bridgehead atoms. The van der Waals surface area contributed by atoms with E-state index in [1.54, 1.807) is 6.92 Å². The second-order valence-electron chi connectivity index (χ2n) is 4.27. The molecule has 0 aromatic carbocycles. The van der Waals surface area contributed by atoms with Crippen molar-refractivity contribution in [3.8, 4) is 0 Å². The number of hydrogen-bond donors (Lipinski definition) is 2.